The van der Waals surface area contributed by atoms with E-state index in [4.69, 9.17) is 19.9 Å². The Labute approximate surface area is 241 Å². The normalized spacial score (nSPS) is 11.3. The second kappa shape index (κ2) is 9.94. The summed E-state index contributed by atoms with van der Waals surface area (Å²) >= 11 is 0. The van der Waals surface area contributed by atoms with Crippen molar-refractivity contribution >= 4 is 32.4 Å². The van der Waals surface area contributed by atoms with Crippen LogP contribution in [-0.4, -0.2) is 29.9 Å². The number of aromatic nitrogens is 6. The number of hydrogen-bond donors (Lipinski definition) is 0. The van der Waals surface area contributed by atoms with Gasteiger partial charge in [0.05, 0.1) is 11.2 Å². The van der Waals surface area contributed by atoms with Crippen LogP contribution in [0.1, 0.15) is 0 Å². The molecule has 0 saturated carbocycles. The molecule has 0 aliphatic rings. The molecule has 0 saturated heterocycles. The molecule has 4 heterocycles. The first-order chi connectivity index (χ1) is 20.8. The molecule has 42 heavy (non-hydrogen) atoms. The van der Waals surface area contributed by atoms with Gasteiger partial charge in [-0.25, -0.2) is 19.9 Å². The molecule has 4 aromatic heterocycles. The molecule has 6 heteroatoms. The first-order valence-electron chi connectivity index (χ1n) is 13.7. The van der Waals surface area contributed by atoms with Crippen molar-refractivity contribution in [2.45, 2.75) is 0 Å². The van der Waals surface area contributed by atoms with Gasteiger partial charge in [0.15, 0.2) is 17.5 Å². The molecular weight excluding hydrogens is 516 g/mol. The van der Waals surface area contributed by atoms with Gasteiger partial charge in [0.2, 0.25) is 0 Å². The zero-order chi connectivity index (χ0) is 27.9. The van der Waals surface area contributed by atoms with E-state index in [2.05, 4.69) is 76.7 Å². The van der Waals surface area contributed by atoms with Crippen LogP contribution < -0.4 is 0 Å². The van der Waals surface area contributed by atoms with Crippen molar-refractivity contribution in [1.82, 2.24) is 29.9 Å². The Balaban J connectivity index is 1.35. The fourth-order valence-corrected chi connectivity index (χ4v) is 5.51. The Morgan fingerprint density at radius 1 is 0.405 bits per heavy atom. The van der Waals surface area contributed by atoms with Crippen molar-refractivity contribution < 1.29 is 0 Å². The third-order valence-electron chi connectivity index (χ3n) is 7.48. The lowest BCUT2D eigenvalue weighted by Gasteiger charge is -2.13. The Bertz CT molecular complexity index is 2180. The first-order valence-corrected chi connectivity index (χ1v) is 13.7. The first kappa shape index (κ1) is 24.0. The van der Waals surface area contributed by atoms with E-state index in [0.717, 1.165) is 44.2 Å². The van der Waals surface area contributed by atoms with Crippen molar-refractivity contribution in [3.63, 3.8) is 0 Å². The SMILES string of the molecule is c1cncc(-c2nc(-c3ccncc3)nc(-c3cccc(-c4nc5ccccc5c5c4ccc4ccccc45)c3)n2)c1. The zero-order valence-corrected chi connectivity index (χ0v) is 22.4. The standard InChI is InChI=1S/C36H22N6/c1-2-11-28-23(7-1)14-15-30-32(28)29-12-3-4-13-31(29)39-33(30)25-8-5-9-26(21-25)35-40-34(24-16-19-37-20-17-24)41-36(42-35)27-10-6-18-38-22-27/h1-22H. The number of nitrogens with zero attached hydrogens (tertiary/aromatic N) is 6. The lowest BCUT2D eigenvalue weighted by atomic mass is 9.95. The van der Waals surface area contributed by atoms with E-state index in [-0.39, 0.29) is 0 Å². The van der Waals surface area contributed by atoms with E-state index in [1.165, 1.54) is 16.2 Å². The predicted octanol–water partition coefficient (Wildman–Crippen LogP) is 8.18. The van der Waals surface area contributed by atoms with E-state index in [9.17, 15) is 0 Å². The van der Waals surface area contributed by atoms with E-state index < -0.39 is 0 Å². The maximum Gasteiger partial charge on any atom is 0.165 e. The Morgan fingerprint density at radius 2 is 1.12 bits per heavy atom. The average Bonchev–Trinajstić information content (AvgIpc) is 3.08. The van der Waals surface area contributed by atoms with Gasteiger partial charge in [-0.05, 0) is 47.2 Å². The van der Waals surface area contributed by atoms with E-state index in [1.54, 1.807) is 24.8 Å². The van der Waals surface area contributed by atoms with Crippen LogP contribution in [0.4, 0.5) is 0 Å². The van der Waals surface area contributed by atoms with Crippen LogP contribution in [0.15, 0.2) is 134 Å². The monoisotopic (exact) mass is 538 g/mol. The highest BCUT2D eigenvalue weighted by atomic mass is 15.0. The van der Waals surface area contributed by atoms with Gasteiger partial charge in [0.1, 0.15) is 0 Å². The summed E-state index contributed by atoms with van der Waals surface area (Å²) in [5.74, 6) is 1.71. The molecule has 0 spiro atoms. The number of benzene rings is 4. The molecule has 0 unspecified atom stereocenters. The van der Waals surface area contributed by atoms with Gasteiger partial charge < -0.3 is 0 Å². The van der Waals surface area contributed by atoms with Crippen LogP contribution in [0.2, 0.25) is 0 Å². The molecule has 8 aromatic rings. The highest BCUT2D eigenvalue weighted by Gasteiger charge is 2.16. The van der Waals surface area contributed by atoms with Gasteiger partial charge in [0.25, 0.3) is 0 Å². The maximum absolute atomic E-state index is 5.18. The molecule has 0 atom stereocenters. The van der Waals surface area contributed by atoms with Gasteiger partial charge >= 0.3 is 0 Å². The second-order valence-corrected chi connectivity index (χ2v) is 10.1. The quantitative estimate of drug-likeness (QED) is 0.210. The molecule has 8 rings (SSSR count). The van der Waals surface area contributed by atoms with Crippen LogP contribution in [0, 0.1) is 0 Å². The second-order valence-electron chi connectivity index (χ2n) is 10.1. The summed E-state index contributed by atoms with van der Waals surface area (Å²) in [5, 5.41) is 5.88. The van der Waals surface area contributed by atoms with Gasteiger partial charge in [0, 0.05) is 63.2 Å². The highest BCUT2D eigenvalue weighted by Crippen LogP contribution is 2.37. The Kier molecular flexibility index (Phi) is 5.67. The summed E-state index contributed by atoms with van der Waals surface area (Å²) in [6, 6.07) is 37.1. The molecule has 0 amide bonds. The lowest BCUT2D eigenvalue weighted by Crippen LogP contribution is -2.00. The minimum atomic E-state index is 0.561. The molecule has 0 bridgehead atoms. The summed E-state index contributed by atoms with van der Waals surface area (Å²) in [5.41, 5.74) is 5.44. The van der Waals surface area contributed by atoms with Crippen molar-refractivity contribution in [3.05, 3.63) is 134 Å². The fourth-order valence-electron chi connectivity index (χ4n) is 5.51. The molecule has 4 aromatic carbocycles. The number of para-hydroxylation sites is 1. The van der Waals surface area contributed by atoms with Crippen molar-refractivity contribution in [3.8, 4) is 45.4 Å². The topological polar surface area (TPSA) is 77.3 Å². The summed E-state index contributed by atoms with van der Waals surface area (Å²) < 4.78 is 0. The lowest BCUT2D eigenvalue weighted by molar-refractivity contribution is 1.07. The molecule has 0 aliphatic carbocycles. The third-order valence-corrected chi connectivity index (χ3v) is 7.48. The largest absolute Gasteiger partial charge is 0.265 e. The fraction of sp³-hybridized carbons (Fsp3) is 0. The molecule has 0 fully saturated rings. The van der Waals surface area contributed by atoms with Gasteiger partial charge in [-0.2, -0.15) is 0 Å². The molecule has 0 radical (unpaired) electrons. The van der Waals surface area contributed by atoms with Crippen molar-refractivity contribution in [2.24, 2.45) is 0 Å². The number of rotatable bonds is 4. The molecular formula is C36H22N6. The zero-order valence-electron chi connectivity index (χ0n) is 22.4. The van der Waals surface area contributed by atoms with E-state index >= 15 is 0 Å². The van der Waals surface area contributed by atoms with E-state index in [0.29, 0.717) is 17.5 Å². The summed E-state index contributed by atoms with van der Waals surface area (Å²) in [6.45, 7) is 0. The molecule has 0 N–H and O–H groups in total. The summed E-state index contributed by atoms with van der Waals surface area (Å²) in [4.78, 5) is 28.2. The van der Waals surface area contributed by atoms with E-state index in [1.807, 2.05) is 42.5 Å². The van der Waals surface area contributed by atoms with Crippen LogP contribution >= 0.6 is 0 Å². The minimum Gasteiger partial charge on any atom is -0.265 e. The average molecular weight is 539 g/mol. The molecule has 196 valence electrons. The van der Waals surface area contributed by atoms with Crippen LogP contribution in [-0.2, 0) is 0 Å². The van der Waals surface area contributed by atoms with Crippen molar-refractivity contribution in [1.29, 1.82) is 0 Å². The Hall–Kier alpha value is -5.88. The predicted molar refractivity (Wildman–Crippen MR) is 167 cm³/mol. The maximum atomic E-state index is 5.18. The van der Waals surface area contributed by atoms with Crippen molar-refractivity contribution in [2.75, 3.05) is 0 Å². The minimum absolute atomic E-state index is 0.561. The van der Waals surface area contributed by atoms with Gasteiger partial charge in [-0.1, -0.05) is 72.8 Å². The third kappa shape index (κ3) is 4.14. The summed E-state index contributed by atoms with van der Waals surface area (Å²) in [7, 11) is 0. The van der Waals surface area contributed by atoms with Crippen LogP contribution in [0.25, 0.3) is 77.9 Å². The summed E-state index contributed by atoms with van der Waals surface area (Å²) in [6.07, 6.45) is 6.98. The molecule has 6 nitrogen and oxygen atoms in total. The smallest absolute Gasteiger partial charge is 0.165 e. The number of fused-ring (bicyclic) bond motifs is 5. The molecule has 0 aliphatic heterocycles. The number of hydrogen-bond acceptors (Lipinski definition) is 6. The Morgan fingerprint density at radius 3 is 1.95 bits per heavy atom. The highest BCUT2D eigenvalue weighted by molar-refractivity contribution is 6.22. The number of pyridine rings is 3. The van der Waals surface area contributed by atoms with Crippen LogP contribution in [0.5, 0.6) is 0 Å². The van der Waals surface area contributed by atoms with Gasteiger partial charge in [-0.3, -0.25) is 9.97 Å². The van der Waals surface area contributed by atoms with Gasteiger partial charge in [-0.15, -0.1) is 0 Å². The van der Waals surface area contributed by atoms with Crippen LogP contribution in [0.3, 0.4) is 0 Å².